The SMILES string of the molecule is CO[C@H]1[C@@H](O)[C@H](O[C@@H]2[C@@H](C)O[C@@H](O[C@H]3[C@@H](OC)C[C@H](O[C@H]4[C@@H](OC)C[C@H](O[C@H]5CC[C@@]6(C)C(=CC[C@]7(O)[C@@H]6C[C@@H](OC(=O)/C=C/c6ccccc6)[C@@]6(C)[C@]7(O)CC[C@@]6(O)C(C)=O)C5)O[C@@H]4C)O[C@@H]3C)C[C@H]2OC)O[C@H](C)[C@H]1O[C@@H]1O[C@H](CO)[C@@H](O)[C@H](O)[C@H]1O. The van der Waals surface area contributed by atoms with Gasteiger partial charge in [-0.25, -0.2) is 4.79 Å². The summed E-state index contributed by atoms with van der Waals surface area (Å²) in [5.74, 6) is -1.86. The van der Waals surface area contributed by atoms with Crippen LogP contribution in [0.5, 0.6) is 0 Å². The molecule has 9 aliphatic rings. The third kappa shape index (κ3) is 12.5. The van der Waals surface area contributed by atoms with Crippen molar-refractivity contribution < 1.29 is 121 Å². The molecule has 25 nitrogen and oxygen atoms in total. The second-order valence-corrected chi connectivity index (χ2v) is 26.6. The highest BCUT2D eigenvalue weighted by atomic mass is 16.8. The number of benzene rings is 1. The van der Waals surface area contributed by atoms with Crippen LogP contribution in [0.25, 0.3) is 6.08 Å². The quantitative estimate of drug-likeness (QED) is 0.0558. The van der Waals surface area contributed by atoms with Gasteiger partial charge in [0.2, 0.25) is 0 Å². The van der Waals surface area contributed by atoms with Crippen LogP contribution in [0.1, 0.15) is 118 Å². The van der Waals surface area contributed by atoms with E-state index in [2.05, 4.69) is 6.92 Å². The van der Waals surface area contributed by atoms with Crippen molar-refractivity contribution in [3.8, 4) is 0 Å². The van der Waals surface area contributed by atoms with Gasteiger partial charge in [0.15, 0.2) is 37.2 Å². The van der Waals surface area contributed by atoms with E-state index in [1.807, 2.05) is 50.3 Å². The van der Waals surface area contributed by atoms with Gasteiger partial charge in [0, 0.05) is 59.7 Å². The van der Waals surface area contributed by atoms with Gasteiger partial charge in [0.25, 0.3) is 0 Å². The van der Waals surface area contributed by atoms with Gasteiger partial charge in [-0.05, 0) is 104 Å². The molecule has 8 N–H and O–H groups in total. The molecule has 5 saturated heterocycles. The maximum Gasteiger partial charge on any atom is 0.331 e. The Morgan fingerprint density at radius 3 is 1.71 bits per heavy atom. The van der Waals surface area contributed by atoms with Gasteiger partial charge in [-0.1, -0.05) is 48.9 Å². The highest BCUT2D eigenvalue weighted by Crippen LogP contribution is 2.71. The lowest BCUT2D eigenvalue weighted by atomic mass is 9.42. The number of fused-ring (bicyclic) bond motifs is 5. The molecular formula is C64H96O25. The van der Waals surface area contributed by atoms with Crippen LogP contribution in [-0.2, 0) is 80.6 Å². The van der Waals surface area contributed by atoms with E-state index in [-0.39, 0.29) is 38.2 Å². The van der Waals surface area contributed by atoms with Gasteiger partial charge in [-0.3, -0.25) is 4.79 Å². The molecule has 4 aliphatic carbocycles. The molecular weight excluding hydrogens is 1170 g/mol. The van der Waals surface area contributed by atoms with E-state index in [0.29, 0.717) is 32.1 Å². The summed E-state index contributed by atoms with van der Waals surface area (Å²) in [4.78, 5) is 27.0. The fourth-order valence-corrected chi connectivity index (χ4v) is 16.5. The van der Waals surface area contributed by atoms with E-state index in [0.717, 1.165) is 11.1 Å². The van der Waals surface area contributed by atoms with E-state index in [4.69, 9.17) is 71.1 Å². The minimum absolute atomic E-state index is 0.0602. The fraction of sp³-hybridized carbons (Fsp3) is 0.812. The summed E-state index contributed by atoms with van der Waals surface area (Å²) in [7, 11) is 6.10. The van der Waals surface area contributed by atoms with E-state index in [1.54, 1.807) is 41.1 Å². The zero-order valence-corrected chi connectivity index (χ0v) is 52.8. The number of hydrogen-bond acceptors (Lipinski definition) is 25. The first-order valence-corrected chi connectivity index (χ1v) is 31.5. The molecule has 8 fully saturated rings. The lowest BCUT2D eigenvalue weighted by Gasteiger charge is -2.67. The zero-order chi connectivity index (χ0) is 64.3. The molecule has 1 aromatic rings. The van der Waals surface area contributed by atoms with Crippen molar-refractivity contribution in [1.82, 2.24) is 0 Å². The lowest BCUT2D eigenvalue weighted by molar-refractivity contribution is -0.374. The van der Waals surface area contributed by atoms with Gasteiger partial charge in [-0.2, -0.15) is 0 Å². The van der Waals surface area contributed by atoms with E-state index >= 15 is 0 Å². The summed E-state index contributed by atoms with van der Waals surface area (Å²) in [6, 6.07) is 9.25. The van der Waals surface area contributed by atoms with Crippen LogP contribution in [0.3, 0.4) is 0 Å². The van der Waals surface area contributed by atoms with Gasteiger partial charge in [-0.15, -0.1) is 0 Å². The molecule has 0 unspecified atom stereocenters. The Hall–Kier alpha value is -3.04. The summed E-state index contributed by atoms with van der Waals surface area (Å²) in [6.07, 6.45) is -14.7. The lowest BCUT2D eigenvalue weighted by Crippen LogP contribution is -2.78. The largest absolute Gasteiger partial charge is 0.458 e. The number of rotatable bonds is 19. The first-order chi connectivity index (χ1) is 42.2. The van der Waals surface area contributed by atoms with Crippen molar-refractivity contribution >= 4 is 17.8 Å². The van der Waals surface area contributed by atoms with Gasteiger partial charge >= 0.3 is 5.97 Å². The van der Waals surface area contributed by atoms with Crippen molar-refractivity contribution in [2.45, 2.75) is 277 Å². The number of carbonyl (C=O) groups is 2. The van der Waals surface area contributed by atoms with Gasteiger partial charge in [0.05, 0.1) is 60.9 Å². The number of carbonyl (C=O) groups excluding carboxylic acids is 2. The highest BCUT2D eigenvalue weighted by molar-refractivity contribution is 5.89. The van der Waals surface area contributed by atoms with Crippen LogP contribution in [-0.4, -0.2) is 252 Å². The van der Waals surface area contributed by atoms with Crippen molar-refractivity contribution in [2.75, 3.05) is 35.0 Å². The Balaban J connectivity index is 0.728. The van der Waals surface area contributed by atoms with E-state index < -0.39 is 193 Å². The topological polar surface area (TPSA) is 334 Å². The molecule has 0 spiro atoms. The number of esters is 1. The van der Waals surface area contributed by atoms with Crippen LogP contribution in [0.15, 0.2) is 48.1 Å². The Morgan fingerprint density at radius 1 is 0.618 bits per heavy atom. The van der Waals surface area contributed by atoms with Crippen LogP contribution in [0.4, 0.5) is 0 Å². The average Bonchev–Trinajstić information content (AvgIpc) is 1.61. The van der Waals surface area contributed by atoms with Crippen molar-refractivity contribution in [1.29, 1.82) is 0 Å². The highest BCUT2D eigenvalue weighted by Gasteiger charge is 2.81. The van der Waals surface area contributed by atoms with E-state index in [1.165, 1.54) is 27.2 Å². The van der Waals surface area contributed by atoms with Crippen molar-refractivity contribution in [3.05, 3.63) is 53.6 Å². The summed E-state index contributed by atoms with van der Waals surface area (Å²) >= 11 is 0. The van der Waals surface area contributed by atoms with Gasteiger partial charge < -0.3 is 112 Å². The molecule has 5 aliphatic heterocycles. The predicted molar refractivity (Wildman–Crippen MR) is 310 cm³/mol. The number of aliphatic hydroxyl groups is 8. The normalized spacial score (nSPS) is 49.3. The van der Waals surface area contributed by atoms with Crippen LogP contribution in [0.2, 0.25) is 0 Å². The molecule has 10 rings (SSSR count). The molecule has 89 heavy (non-hydrogen) atoms. The first-order valence-electron chi connectivity index (χ1n) is 31.5. The van der Waals surface area contributed by atoms with Crippen LogP contribution >= 0.6 is 0 Å². The molecule has 0 aromatic heterocycles. The molecule has 0 radical (unpaired) electrons. The van der Waals surface area contributed by atoms with Gasteiger partial charge in [0.1, 0.15) is 83.9 Å². The smallest absolute Gasteiger partial charge is 0.331 e. The van der Waals surface area contributed by atoms with Crippen molar-refractivity contribution in [3.63, 3.8) is 0 Å². The number of ether oxygens (including phenoxy) is 15. The minimum Gasteiger partial charge on any atom is -0.458 e. The van der Waals surface area contributed by atoms with Crippen LogP contribution in [0, 0.1) is 16.7 Å². The number of Topliss-reactive ketones (excluding diaryl/α,β-unsaturated/α-hetero) is 1. The Morgan fingerprint density at radius 2 is 1.16 bits per heavy atom. The number of aliphatic hydroxyl groups excluding tert-OH is 5. The second kappa shape index (κ2) is 27.4. The van der Waals surface area contributed by atoms with Crippen LogP contribution < -0.4 is 0 Å². The monoisotopic (exact) mass is 1260 g/mol. The molecule has 25 heteroatoms. The summed E-state index contributed by atoms with van der Waals surface area (Å²) in [5, 5.41) is 90.7. The van der Waals surface area contributed by atoms with Crippen molar-refractivity contribution in [2.24, 2.45) is 16.7 Å². The predicted octanol–water partition coefficient (Wildman–Crippen LogP) is 2.03. The molecule has 502 valence electrons. The standard InChI is InChI=1S/C64H96O25/c1-31-53(86-47-27-40(76-9)54(32(2)80-47)87-48-28-41(77-10)55(33(3)81-48)88-59-52(71)57(78-11)56(34(4)82-59)89-58-51(70)50(69)49(68)42(30-65)84-58)39(75-8)26-46(79-31)83-38-20-21-60(6)37(25-38)19-22-63(73)43(60)29-44(85-45(67)18-17-36-15-13-12-14-16-36)61(7)62(72,35(5)66)23-24-64(61,63)74/h12-19,31-34,38-44,46-59,65,68-74H,20-30H2,1-11H3/b18-17+/t31-,32-,33-,34-,38+,39+,40+,41-,42-,43-,44-,46+,47+,48+,49-,50+,51-,52-,53-,54-,55-,56-,57+,58+,59+,60+,61-,62-,63+,64-/m1/s1. The molecule has 0 amide bonds. The third-order valence-electron chi connectivity index (χ3n) is 21.8. The molecule has 5 heterocycles. The Bertz CT molecular complexity index is 2630. The molecule has 3 saturated carbocycles. The summed E-state index contributed by atoms with van der Waals surface area (Å²) in [6.45, 7) is 11.5. The molecule has 30 atom stereocenters. The number of ketones is 1. The fourth-order valence-electron chi connectivity index (χ4n) is 16.5. The number of hydrogen-bond donors (Lipinski definition) is 8. The maximum atomic E-state index is 13.7. The Labute approximate surface area is 520 Å². The zero-order valence-electron chi connectivity index (χ0n) is 52.8. The van der Waals surface area contributed by atoms with E-state index in [9.17, 15) is 50.4 Å². The second-order valence-electron chi connectivity index (χ2n) is 26.6. The molecule has 1 aromatic carbocycles. The maximum absolute atomic E-state index is 13.7. The summed E-state index contributed by atoms with van der Waals surface area (Å²) in [5.41, 5.74) is -6.41. The average molecular weight is 1270 g/mol. The summed E-state index contributed by atoms with van der Waals surface area (Å²) < 4.78 is 93.6. The Kier molecular flexibility index (Phi) is 21.2. The first kappa shape index (κ1) is 68.8. The number of methoxy groups -OCH3 is 4. The third-order valence-corrected chi connectivity index (χ3v) is 21.8. The molecule has 0 bridgehead atoms. The minimum atomic E-state index is -2.07.